The maximum Gasteiger partial charge on any atom is 0.256 e. The average molecular weight is 630 g/mol. The first kappa shape index (κ1) is 35.0. The van der Waals surface area contributed by atoms with E-state index in [0.29, 0.717) is 110 Å². The molecule has 1 unspecified atom stereocenters. The van der Waals surface area contributed by atoms with Crippen molar-refractivity contribution >= 4 is 22.6 Å². The van der Waals surface area contributed by atoms with Crippen LogP contribution in [-0.2, 0) is 46.3 Å². The van der Waals surface area contributed by atoms with E-state index in [1.807, 2.05) is 49.9 Å². The maximum absolute atomic E-state index is 12.7. The monoisotopic (exact) mass is 629 g/mol. The first-order valence-electron chi connectivity index (χ1n) is 16.3. The lowest BCUT2D eigenvalue weighted by Gasteiger charge is -2.38. The molecule has 1 fully saturated rings. The molecule has 0 radical (unpaired) electrons. The van der Waals surface area contributed by atoms with E-state index in [4.69, 9.17) is 23.7 Å². The molecule has 4 rings (SSSR count). The van der Waals surface area contributed by atoms with E-state index in [-0.39, 0.29) is 28.9 Å². The number of rotatable bonds is 17. The van der Waals surface area contributed by atoms with Gasteiger partial charge in [0.15, 0.2) is 0 Å². The largest absolute Gasteiger partial charge is 0.379 e. The van der Waals surface area contributed by atoms with Crippen molar-refractivity contribution in [2.24, 2.45) is 11.3 Å². The van der Waals surface area contributed by atoms with Crippen LogP contribution in [0.5, 0.6) is 0 Å². The number of fused-ring (bicyclic) bond motifs is 3. The van der Waals surface area contributed by atoms with Gasteiger partial charge in [-0.05, 0) is 35.6 Å². The van der Waals surface area contributed by atoms with Crippen LogP contribution in [0.1, 0.15) is 57.7 Å². The third-order valence-electron chi connectivity index (χ3n) is 8.23. The van der Waals surface area contributed by atoms with Crippen LogP contribution in [0.4, 0.5) is 0 Å². The summed E-state index contributed by atoms with van der Waals surface area (Å²) >= 11 is 0. The highest BCUT2D eigenvalue weighted by Crippen LogP contribution is 2.32. The molecule has 0 spiro atoms. The van der Waals surface area contributed by atoms with Crippen molar-refractivity contribution in [2.75, 3.05) is 72.5 Å². The minimum absolute atomic E-state index is 0.0200. The molecule has 45 heavy (non-hydrogen) atoms. The molecule has 11 heteroatoms. The Morgan fingerprint density at radius 1 is 0.911 bits per heavy atom. The van der Waals surface area contributed by atoms with Gasteiger partial charge in [-0.15, -0.1) is 0 Å². The van der Waals surface area contributed by atoms with Crippen LogP contribution in [0.25, 0.3) is 10.8 Å². The minimum atomic E-state index is -0.0438. The zero-order valence-electron chi connectivity index (χ0n) is 27.2. The van der Waals surface area contributed by atoms with E-state index < -0.39 is 0 Å². The molecule has 2 aromatic rings. The van der Waals surface area contributed by atoms with Gasteiger partial charge in [-0.2, -0.15) is 0 Å². The fraction of sp³-hybridized carbons (Fsp3) is 0.676. The normalized spacial score (nSPS) is 17.4. The van der Waals surface area contributed by atoms with Crippen LogP contribution in [-0.4, -0.2) is 100 Å². The second-order valence-corrected chi connectivity index (χ2v) is 13.0. The van der Waals surface area contributed by atoms with E-state index in [0.717, 1.165) is 29.5 Å². The topological polar surface area (TPSA) is 128 Å². The summed E-state index contributed by atoms with van der Waals surface area (Å²) in [7, 11) is 0. The number of nitrogens with one attached hydrogen (secondary N) is 2. The number of H-pyrrole nitrogens is 1. The summed E-state index contributed by atoms with van der Waals surface area (Å²) in [5.74, 6) is 0.515. The number of piperidine rings is 1. The number of aromatic amines is 1. The number of amides is 2. The van der Waals surface area contributed by atoms with Crippen molar-refractivity contribution in [1.82, 2.24) is 15.2 Å². The number of carbonyl (C=O) groups excluding carboxylic acids is 2. The maximum atomic E-state index is 12.7. The number of pyridine rings is 1. The van der Waals surface area contributed by atoms with Gasteiger partial charge < -0.3 is 38.9 Å². The molecule has 11 nitrogen and oxygen atoms in total. The van der Waals surface area contributed by atoms with Gasteiger partial charge in [0.2, 0.25) is 11.8 Å². The Morgan fingerprint density at radius 3 is 2.16 bits per heavy atom. The Bertz CT molecular complexity index is 1280. The number of aromatic nitrogens is 1. The predicted octanol–water partition coefficient (Wildman–Crippen LogP) is 3.22. The first-order chi connectivity index (χ1) is 21.7. The van der Waals surface area contributed by atoms with Crippen molar-refractivity contribution in [3.05, 3.63) is 45.9 Å². The number of ether oxygens (including phenoxy) is 5. The van der Waals surface area contributed by atoms with E-state index in [1.165, 1.54) is 0 Å². The highest BCUT2D eigenvalue weighted by molar-refractivity contribution is 5.85. The SMILES string of the molecule is CC(C)(C)CC(=O)NCCOCCOCCOCCOCCC(=O)N1CCC(C2Cc3[nH]c(=O)c4ccccc4c3CO2)CC1. The van der Waals surface area contributed by atoms with Crippen LogP contribution in [0, 0.1) is 11.3 Å². The van der Waals surface area contributed by atoms with Crippen LogP contribution in [0.2, 0.25) is 0 Å². The van der Waals surface area contributed by atoms with E-state index in [2.05, 4.69) is 10.3 Å². The summed E-state index contributed by atoms with van der Waals surface area (Å²) in [6.45, 7) is 12.1. The summed E-state index contributed by atoms with van der Waals surface area (Å²) in [5, 5.41) is 4.53. The Hall–Kier alpha value is -2.83. The number of carbonyl (C=O) groups is 2. The van der Waals surface area contributed by atoms with Gasteiger partial charge in [-0.1, -0.05) is 39.0 Å². The molecule has 2 aliphatic heterocycles. The quantitative estimate of drug-likeness (QED) is 0.256. The number of benzene rings is 1. The van der Waals surface area contributed by atoms with Crippen molar-refractivity contribution in [3.8, 4) is 0 Å². The van der Waals surface area contributed by atoms with E-state index in [1.54, 1.807) is 0 Å². The highest BCUT2D eigenvalue weighted by Gasteiger charge is 2.32. The Kier molecular flexibility index (Phi) is 13.8. The number of nitrogens with zero attached hydrogens (tertiary/aromatic N) is 1. The lowest BCUT2D eigenvalue weighted by molar-refractivity contribution is -0.135. The molecule has 0 aliphatic carbocycles. The smallest absolute Gasteiger partial charge is 0.256 e. The lowest BCUT2D eigenvalue weighted by Crippen LogP contribution is -2.43. The van der Waals surface area contributed by atoms with Gasteiger partial charge in [-0.25, -0.2) is 0 Å². The fourth-order valence-electron chi connectivity index (χ4n) is 5.89. The van der Waals surface area contributed by atoms with Crippen molar-refractivity contribution in [2.45, 2.75) is 65.6 Å². The van der Waals surface area contributed by atoms with Crippen LogP contribution in [0.15, 0.2) is 29.1 Å². The number of likely N-dealkylation sites (tertiary alicyclic amines) is 1. The molecule has 1 aromatic heterocycles. The highest BCUT2D eigenvalue weighted by atomic mass is 16.6. The molecule has 3 heterocycles. The zero-order chi connectivity index (χ0) is 32.1. The standard InChI is InChI=1S/C34H51N3O8/c1-34(2,3)23-31(38)35-11-15-42-17-19-44-21-20-43-18-16-41-14-10-32(39)37-12-8-25(9-13-37)30-22-29-28(24-45-30)26-6-4-5-7-27(26)33(40)36-29/h4-7,25,30H,8-24H2,1-3H3,(H,35,38)(H,36,40). The lowest BCUT2D eigenvalue weighted by atomic mass is 9.86. The molecule has 1 atom stereocenters. The van der Waals surface area contributed by atoms with Crippen molar-refractivity contribution in [1.29, 1.82) is 0 Å². The molecular weight excluding hydrogens is 578 g/mol. The van der Waals surface area contributed by atoms with Gasteiger partial charge in [0.1, 0.15) is 0 Å². The number of hydrogen-bond acceptors (Lipinski definition) is 8. The molecule has 250 valence electrons. The molecule has 0 bridgehead atoms. The van der Waals surface area contributed by atoms with E-state index in [9.17, 15) is 14.4 Å². The Balaban J connectivity index is 0.969. The molecule has 1 saturated heterocycles. The molecular formula is C34H51N3O8. The van der Waals surface area contributed by atoms with Gasteiger partial charge in [0, 0.05) is 49.1 Å². The van der Waals surface area contributed by atoms with Gasteiger partial charge >= 0.3 is 0 Å². The third kappa shape index (κ3) is 11.5. The van der Waals surface area contributed by atoms with E-state index >= 15 is 0 Å². The Morgan fingerprint density at radius 2 is 1.51 bits per heavy atom. The molecule has 1 aromatic carbocycles. The molecule has 2 aliphatic rings. The van der Waals surface area contributed by atoms with Gasteiger partial charge in [0.05, 0.1) is 72.0 Å². The van der Waals surface area contributed by atoms with Crippen molar-refractivity contribution in [3.63, 3.8) is 0 Å². The summed E-state index contributed by atoms with van der Waals surface area (Å²) in [6.07, 6.45) is 3.39. The van der Waals surface area contributed by atoms with Crippen LogP contribution < -0.4 is 10.9 Å². The minimum Gasteiger partial charge on any atom is -0.379 e. The number of hydrogen-bond donors (Lipinski definition) is 2. The third-order valence-corrected chi connectivity index (χ3v) is 8.23. The Labute approximate surface area is 266 Å². The first-order valence-corrected chi connectivity index (χ1v) is 16.3. The second kappa shape index (κ2) is 17.8. The van der Waals surface area contributed by atoms with Gasteiger partial charge in [-0.3, -0.25) is 14.4 Å². The summed E-state index contributed by atoms with van der Waals surface area (Å²) < 4.78 is 28.3. The molecule has 2 amide bonds. The average Bonchev–Trinajstić information content (AvgIpc) is 3.02. The second-order valence-electron chi connectivity index (χ2n) is 13.0. The van der Waals surface area contributed by atoms with Crippen molar-refractivity contribution < 1.29 is 33.3 Å². The molecule has 2 N–H and O–H groups in total. The molecule has 0 saturated carbocycles. The zero-order valence-corrected chi connectivity index (χ0v) is 27.2. The summed E-state index contributed by atoms with van der Waals surface area (Å²) in [6, 6.07) is 7.68. The van der Waals surface area contributed by atoms with Crippen LogP contribution in [0.3, 0.4) is 0 Å². The summed E-state index contributed by atoms with van der Waals surface area (Å²) in [4.78, 5) is 42.0. The summed E-state index contributed by atoms with van der Waals surface area (Å²) in [5.41, 5.74) is 2.00. The van der Waals surface area contributed by atoms with Gasteiger partial charge in [0.25, 0.3) is 5.56 Å². The van der Waals surface area contributed by atoms with Crippen LogP contribution >= 0.6 is 0 Å². The fourth-order valence-corrected chi connectivity index (χ4v) is 5.89. The predicted molar refractivity (Wildman–Crippen MR) is 171 cm³/mol.